The number of nitrogens with one attached hydrogen (secondary N) is 1. The van der Waals surface area contributed by atoms with E-state index < -0.39 is 12.1 Å². The molecule has 7 nitrogen and oxygen atoms in total. The van der Waals surface area contributed by atoms with E-state index in [0.717, 1.165) is 17.0 Å². The van der Waals surface area contributed by atoms with E-state index in [0.29, 0.717) is 12.1 Å². The Morgan fingerprint density at radius 1 is 1.29 bits per heavy atom. The second-order valence-corrected chi connectivity index (χ2v) is 5.55. The highest BCUT2D eigenvalue weighted by Crippen LogP contribution is 2.09. The molecular weight excluding hydrogens is 310 g/mol. The Morgan fingerprint density at radius 2 is 1.96 bits per heavy atom. The molecule has 1 heterocycles. The van der Waals surface area contributed by atoms with Gasteiger partial charge in [-0.1, -0.05) is 12.1 Å². The number of ether oxygens (including phenoxy) is 1. The van der Waals surface area contributed by atoms with E-state index in [2.05, 4.69) is 10.4 Å². The number of hydrogen-bond acceptors (Lipinski definition) is 4. The molecule has 0 saturated carbocycles. The van der Waals surface area contributed by atoms with E-state index in [1.165, 1.54) is 7.11 Å². The van der Waals surface area contributed by atoms with Gasteiger partial charge in [-0.2, -0.15) is 5.10 Å². The number of aromatic nitrogens is 2. The predicted molar refractivity (Wildman–Crippen MR) is 88.0 cm³/mol. The van der Waals surface area contributed by atoms with Crippen LogP contribution in [-0.4, -0.2) is 46.5 Å². The van der Waals surface area contributed by atoms with E-state index in [4.69, 9.17) is 9.84 Å². The van der Waals surface area contributed by atoms with Gasteiger partial charge >= 0.3 is 5.97 Å². The average Bonchev–Trinajstić information content (AvgIpc) is 2.85. The summed E-state index contributed by atoms with van der Waals surface area (Å²) in [5.41, 5.74) is 3.54. The molecule has 0 fully saturated rings. The van der Waals surface area contributed by atoms with Gasteiger partial charge in [-0.3, -0.25) is 9.48 Å². The zero-order valence-corrected chi connectivity index (χ0v) is 13.9. The van der Waals surface area contributed by atoms with Crippen molar-refractivity contribution in [3.05, 3.63) is 52.8 Å². The zero-order chi connectivity index (χ0) is 17.7. The number of amides is 1. The Bertz CT molecular complexity index is 722. The summed E-state index contributed by atoms with van der Waals surface area (Å²) in [5, 5.41) is 15.8. The van der Waals surface area contributed by atoms with Gasteiger partial charge in [0.05, 0.1) is 18.8 Å². The summed E-state index contributed by atoms with van der Waals surface area (Å²) in [5.74, 6) is -1.45. The molecule has 24 heavy (non-hydrogen) atoms. The van der Waals surface area contributed by atoms with Gasteiger partial charge < -0.3 is 15.2 Å². The number of aliphatic carboxylic acids is 1. The van der Waals surface area contributed by atoms with Gasteiger partial charge in [0.2, 0.25) is 0 Å². The molecule has 0 aliphatic carbocycles. The number of methoxy groups -OCH3 is 1. The van der Waals surface area contributed by atoms with E-state index in [9.17, 15) is 9.59 Å². The number of carbonyl (C=O) groups excluding carboxylic acids is 1. The molecule has 0 spiro atoms. The second-order valence-electron chi connectivity index (χ2n) is 5.55. The minimum atomic E-state index is -1.11. The smallest absolute Gasteiger partial charge is 0.334 e. The summed E-state index contributed by atoms with van der Waals surface area (Å²) < 4.78 is 6.68. The number of nitrogens with zero attached hydrogens (tertiary/aromatic N) is 2. The van der Waals surface area contributed by atoms with Gasteiger partial charge in [0.15, 0.2) is 6.10 Å². The lowest BCUT2D eigenvalue weighted by atomic mass is 10.1. The Balaban J connectivity index is 1.97. The summed E-state index contributed by atoms with van der Waals surface area (Å²) >= 11 is 0. The van der Waals surface area contributed by atoms with Crippen molar-refractivity contribution in [2.24, 2.45) is 0 Å². The molecule has 128 valence electrons. The summed E-state index contributed by atoms with van der Waals surface area (Å²) in [4.78, 5) is 22.9. The van der Waals surface area contributed by atoms with Crippen LogP contribution >= 0.6 is 0 Å². The van der Waals surface area contributed by atoms with Crippen molar-refractivity contribution in [3.8, 4) is 0 Å². The Labute approximate surface area is 140 Å². The molecule has 0 aliphatic heterocycles. The maximum Gasteiger partial charge on any atom is 0.334 e. The van der Waals surface area contributed by atoms with Crippen molar-refractivity contribution in [1.29, 1.82) is 0 Å². The monoisotopic (exact) mass is 331 g/mol. The van der Waals surface area contributed by atoms with Crippen molar-refractivity contribution in [3.63, 3.8) is 0 Å². The fourth-order valence-electron chi connectivity index (χ4n) is 2.33. The lowest BCUT2D eigenvalue weighted by Crippen LogP contribution is -2.37. The van der Waals surface area contributed by atoms with E-state index >= 15 is 0 Å². The van der Waals surface area contributed by atoms with E-state index in [-0.39, 0.29) is 12.5 Å². The topological polar surface area (TPSA) is 93.5 Å². The SMILES string of the molecule is COC(CNC(=O)c1ccc(Cn2nc(C)cc2C)cc1)C(=O)O. The van der Waals surface area contributed by atoms with Gasteiger partial charge in [0, 0.05) is 18.4 Å². The third-order valence-electron chi connectivity index (χ3n) is 3.66. The van der Waals surface area contributed by atoms with Crippen LogP contribution in [0.2, 0.25) is 0 Å². The first-order valence-corrected chi connectivity index (χ1v) is 7.54. The molecule has 2 N–H and O–H groups in total. The highest BCUT2D eigenvalue weighted by molar-refractivity contribution is 5.94. The molecule has 0 bridgehead atoms. The first kappa shape index (κ1) is 17.7. The normalized spacial score (nSPS) is 12.0. The number of hydrogen-bond donors (Lipinski definition) is 2. The maximum atomic E-state index is 12.0. The maximum absolute atomic E-state index is 12.0. The van der Waals surface area contributed by atoms with E-state index in [1.54, 1.807) is 12.1 Å². The molecule has 0 radical (unpaired) electrons. The van der Waals surface area contributed by atoms with Crippen LogP contribution in [-0.2, 0) is 16.1 Å². The Hall–Kier alpha value is -2.67. The molecule has 1 aromatic carbocycles. The van der Waals surface area contributed by atoms with Gasteiger partial charge in [-0.25, -0.2) is 4.79 Å². The molecule has 2 aromatic rings. The van der Waals surface area contributed by atoms with E-state index in [1.807, 2.05) is 36.7 Å². The molecule has 1 amide bonds. The lowest BCUT2D eigenvalue weighted by molar-refractivity contribution is -0.148. The number of benzene rings is 1. The number of rotatable bonds is 7. The van der Waals surface area contributed by atoms with Crippen LogP contribution in [0.5, 0.6) is 0 Å². The summed E-state index contributed by atoms with van der Waals surface area (Å²) in [6, 6.07) is 9.14. The number of carbonyl (C=O) groups is 2. The van der Waals surface area contributed by atoms with Gasteiger partial charge in [0.1, 0.15) is 0 Å². The van der Waals surface area contributed by atoms with Gasteiger partial charge in [-0.15, -0.1) is 0 Å². The van der Waals surface area contributed by atoms with Crippen molar-refractivity contribution in [2.75, 3.05) is 13.7 Å². The van der Waals surface area contributed by atoms with Crippen LogP contribution in [0.15, 0.2) is 30.3 Å². The molecule has 0 saturated heterocycles. The molecule has 2 rings (SSSR count). The van der Waals surface area contributed by atoms with Crippen LogP contribution in [0.3, 0.4) is 0 Å². The molecule has 1 aromatic heterocycles. The quantitative estimate of drug-likeness (QED) is 0.799. The van der Waals surface area contributed by atoms with Crippen molar-refractivity contribution < 1.29 is 19.4 Å². The van der Waals surface area contributed by atoms with Crippen molar-refractivity contribution >= 4 is 11.9 Å². The second kappa shape index (κ2) is 7.74. The predicted octanol–water partition coefficient (Wildman–Crippen LogP) is 1.38. The van der Waals surface area contributed by atoms with Gasteiger partial charge in [0.25, 0.3) is 5.91 Å². The Kier molecular flexibility index (Phi) is 5.70. The highest BCUT2D eigenvalue weighted by Gasteiger charge is 2.17. The fraction of sp³-hybridized carbons (Fsp3) is 0.353. The average molecular weight is 331 g/mol. The number of carboxylic acid groups (broad SMARTS) is 1. The van der Waals surface area contributed by atoms with Crippen LogP contribution in [0, 0.1) is 13.8 Å². The van der Waals surface area contributed by atoms with Gasteiger partial charge in [-0.05, 0) is 37.6 Å². The number of carboxylic acids is 1. The highest BCUT2D eigenvalue weighted by atomic mass is 16.5. The van der Waals surface area contributed by atoms with Crippen LogP contribution in [0.1, 0.15) is 27.3 Å². The largest absolute Gasteiger partial charge is 0.479 e. The minimum absolute atomic E-state index is 0.0851. The molecular formula is C17H21N3O4. The Morgan fingerprint density at radius 3 is 2.46 bits per heavy atom. The number of aryl methyl sites for hydroxylation is 2. The van der Waals surface area contributed by atoms with Crippen LogP contribution in [0.4, 0.5) is 0 Å². The first-order valence-electron chi connectivity index (χ1n) is 7.54. The third-order valence-corrected chi connectivity index (χ3v) is 3.66. The fourth-order valence-corrected chi connectivity index (χ4v) is 2.33. The van der Waals surface area contributed by atoms with Crippen molar-refractivity contribution in [2.45, 2.75) is 26.5 Å². The molecule has 7 heteroatoms. The molecule has 1 unspecified atom stereocenters. The lowest BCUT2D eigenvalue weighted by Gasteiger charge is -2.12. The first-order chi connectivity index (χ1) is 11.4. The summed E-state index contributed by atoms with van der Waals surface area (Å²) in [6.45, 7) is 4.49. The van der Waals surface area contributed by atoms with Crippen LogP contribution in [0.25, 0.3) is 0 Å². The minimum Gasteiger partial charge on any atom is -0.479 e. The van der Waals surface area contributed by atoms with Crippen molar-refractivity contribution in [1.82, 2.24) is 15.1 Å². The summed E-state index contributed by atoms with van der Waals surface area (Å²) in [6.07, 6.45) is -1.06. The molecule has 1 atom stereocenters. The molecule has 0 aliphatic rings. The third kappa shape index (κ3) is 4.42. The summed E-state index contributed by atoms with van der Waals surface area (Å²) in [7, 11) is 1.29. The zero-order valence-electron chi connectivity index (χ0n) is 13.9. The van der Waals surface area contributed by atoms with Crippen LogP contribution < -0.4 is 5.32 Å². The standard InChI is InChI=1S/C17H21N3O4/c1-11-8-12(2)20(19-11)10-13-4-6-14(7-5-13)16(21)18-9-15(24-3)17(22)23/h4-8,15H,9-10H2,1-3H3,(H,18,21)(H,22,23).